The number of hydrogen-bond acceptors (Lipinski definition) is 5. The quantitative estimate of drug-likeness (QED) is 0.332. The minimum Gasteiger partial charge on any atom is -0.507 e. The Kier molecular flexibility index (Phi) is 6.32. The number of carbonyl (C=O) groups is 2. The SMILES string of the molecule is CCCCCN1C(=O)C(=O)/C(=C(\O)c2ccc(OC)c(C)c2)C1c1cccnc1. The van der Waals surface area contributed by atoms with E-state index in [-0.39, 0.29) is 11.3 Å². The van der Waals surface area contributed by atoms with E-state index in [9.17, 15) is 14.7 Å². The molecular weight excluding hydrogens is 368 g/mol. The van der Waals surface area contributed by atoms with Crippen LogP contribution in [0.2, 0.25) is 0 Å². The van der Waals surface area contributed by atoms with Crippen LogP contribution < -0.4 is 4.74 Å². The van der Waals surface area contributed by atoms with Gasteiger partial charge in [0.15, 0.2) is 0 Å². The van der Waals surface area contributed by atoms with E-state index < -0.39 is 17.7 Å². The van der Waals surface area contributed by atoms with E-state index in [0.29, 0.717) is 23.4 Å². The molecular formula is C23H26N2O4. The summed E-state index contributed by atoms with van der Waals surface area (Å²) in [6.07, 6.45) is 6.03. The Labute approximate surface area is 170 Å². The van der Waals surface area contributed by atoms with Crippen LogP contribution in [-0.4, -0.2) is 40.3 Å². The summed E-state index contributed by atoms with van der Waals surface area (Å²) in [4.78, 5) is 31.4. The summed E-state index contributed by atoms with van der Waals surface area (Å²) in [6, 6.07) is 8.11. The normalized spacial score (nSPS) is 18.3. The van der Waals surface area contributed by atoms with Crippen LogP contribution in [0.25, 0.3) is 5.76 Å². The summed E-state index contributed by atoms with van der Waals surface area (Å²) in [7, 11) is 1.58. The molecule has 1 aromatic carbocycles. The Morgan fingerprint density at radius 1 is 1.24 bits per heavy atom. The van der Waals surface area contributed by atoms with Crippen LogP contribution in [0, 0.1) is 6.92 Å². The van der Waals surface area contributed by atoms with Gasteiger partial charge in [-0.1, -0.05) is 25.8 Å². The van der Waals surface area contributed by atoms with Gasteiger partial charge in [-0.25, -0.2) is 0 Å². The summed E-state index contributed by atoms with van der Waals surface area (Å²) in [5, 5.41) is 11.0. The van der Waals surface area contributed by atoms with Gasteiger partial charge in [0.05, 0.1) is 18.7 Å². The van der Waals surface area contributed by atoms with Gasteiger partial charge in [-0.2, -0.15) is 0 Å². The maximum Gasteiger partial charge on any atom is 0.295 e. The van der Waals surface area contributed by atoms with Crippen molar-refractivity contribution < 1.29 is 19.4 Å². The molecule has 1 aliphatic rings. The summed E-state index contributed by atoms with van der Waals surface area (Å²) < 4.78 is 5.27. The molecule has 6 nitrogen and oxygen atoms in total. The molecule has 1 fully saturated rings. The zero-order valence-corrected chi connectivity index (χ0v) is 17.0. The molecule has 0 spiro atoms. The molecule has 1 saturated heterocycles. The number of aryl methyl sites for hydroxylation is 1. The Bertz CT molecular complexity index is 937. The van der Waals surface area contributed by atoms with E-state index in [1.54, 1.807) is 48.7 Å². The first-order chi connectivity index (χ1) is 14.0. The summed E-state index contributed by atoms with van der Waals surface area (Å²) in [5.74, 6) is -0.741. The van der Waals surface area contributed by atoms with E-state index in [2.05, 4.69) is 11.9 Å². The molecule has 6 heteroatoms. The topological polar surface area (TPSA) is 79.7 Å². The minimum absolute atomic E-state index is 0.101. The lowest BCUT2D eigenvalue weighted by molar-refractivity contribution is -0.139. The number of Topliss-reactive ketones (excluding diaryl/α,β-unsaturated/α-hetero) is 1. The van der Waals surface area contributed by atoms with Crippen LogP contribution in [0.4, 0.5) is 0 Å². The smallest absolute Gasteiger partial charge is 0.295 e. The zero-order chi connectivity index (χ0) is 21.0. The van der Waals surface area contributed by atoms with Crippen LogP contribution in [0.15, 0.2) is 48.3 Å². The summed E-state index contributed by atoms with van der Waals surface area (Å²) in [5.41, 5.74) is 2.11. The van der Waals surface area contributed by atoms with Crippen LogP contribution >= 0.6 is 0 Å². The monoisotopic (exact) mass is 394 g/mol. The number of likely N-dealkylation sites (tertiary alicyclic amines) is 1. The highest BCUT2D eigenvalue weighted by Gasteiger charge is 2.45. The number of amides is 1. The van der Waals surface area contributed by atoms with Gasteiger partial charge < -0.3 is 14.7 Å². The van der Waals surface area contributed by atoms with E-state index in [4.69, 9.17) is 4.74 Å². The fraction of sp³-hybridized carbons (Fsp3) is 0.348. The molecule has 0 radical (unpaired) electrons. The molecule has 1 aromatic heterocycles. The number of hydrogen-bond donors (Lipinski definition) is 1. The number of ether oxygens (including phenoxy) is 1. The third kappa shape index (κ3) is 4.01. The fourth-order valence-electron chi connectivity index (χ4n) is 3.71. The van der Waals surface area contributed by atoms with Crippen molar-refractivity contribution in [2.75, 3.05) is 13.7 Å². The third-order valence-electron chi connectivity index (χ3n) is 5.21. The first-order valence-electron chi connectivity index (χ1n) is 9.83. The molecule has 1 amide bonds. The number of aliphatic hydroxyl groups excluding tert-OH is 1. The number of aromatic nitrogens is 1. The lowest BCUT2D eigenvalue weighted by atomic mass is 9.95. The lowest BCUT2D eigenvalue weighted by Crippen LogP contribution is -2.30. The number of aliphatic hydroxyl groups is 1. The fourth-order valence-corrected chi connectivity index (χ4v) is 3.71. The highest BCUT2D eigenvalue weighted by atomic mass is 16.5. The molecule has 2 heterocycles. The first kappa shape index (κ1) is 20.6. The largest absolute Gasteiger partial charge is 0.507 e. The molecule has 1 N–H and O–H groups in total. The van der Waals surface area contributed by atoms with E-state index in [0.717, 1.165) is 24.8 Å². The second-order valence-corrected chi connectivity index (χ2v) is 7.17. The van der Waals surface area contributed by atoms with Gasteiger partial charge >= 0.3 is 0 Å². The lowest BCUT2D eigenvalue weighted by Gasteiger charge is -2.25. The van der Waals surface area contributed by atoms with Crippen molar-refractivity contribution in [2.24, 2.45) is 0 Å². The molecule has 0 aliphatic carbocycles. The summed E-state index contributed by atoms with van der Waals surface area (Å²) >= 11 is 0. The molecule has 0 saturated carbocycles. The second kappa shape index (κ2) is 8.90. The maximum absolute atomic E-state index is 12.9. The van der Waals surface area contributed by atoms with Gasteiger partial charge in [-0.05, 0) is 48.7 Å². The third-order valence-corrected chi connectivity index (χ3v) is 5.21. The van der Waals surface area contributed by atoms with Gasteiger partial charge in [-0.3, -0.25) is 14.6 Å². The molecule has 3 rings (SSSR count). The van der Waals surface area contributed by atoms with Crippen molar-refractivity contribution in [3.63, 3.8) is 0 Å². The molecule has 2 aromatic rings. The average Bonchev–Trinajstić information content (AvgIpc) is 2.99. The highest BCUT2D eigenvalue weighted by Crippen LogP contribution is 2.39. The van der Waals surface area contributed by atoms with Crippen LogP contribution in [0.3, 0.4) is 0 Å². The number of rotatable bonds is 7. The number of unbranched alkanes of at least 4 members (excludes halogenated alkanes) is 2. The Balaban J connectivity index is 2.11. The molecule has 1 unspecified atom stereocenters. The number of nitrogens with zero attached hydrogens (tertiary/aromatic N) is 2. The molecule has 1 aliphatic heterocycles. The molecule has 29 heavy (non-hydrogen) atoms. The Hall–Kier alpha value is -3.15. The average molecular weight is 394 g/mol. The molecule has 0 bridgehead atoms. The van der Waals surface area contributed by atoms with Crippen molar-refractivity contribution in [1.82, 2.24) is 9.88 Å². The van der Waals surface area contributed by atoms with Gasteiger partial charge in [-0.15, -0.1) is 0 Å². The van der Waals surface area contributed by atoms with Crippen molar-refractivity contribution in [2.45, 2.75) is 39.2 Å². The highest BCUT2D eigenvalue weighted by molar-refractivity contribution is 6.46. The number of benzene rings is 1. The van der Waals surface area contributed by atoms with Crippen molar-refractivity contribution in [3.05, 3.63) is 65.0 Å². The van der Waals surface area contributed by atoms with E-state index >= 15 is 0 Å². The van der Waals surface area contributed by atoms with E-state index in [1.807, 2.05) is 13.0 Å². The van der Waals surface area contributed by atoms with Gasteiger partial charge in [0, 0.05) is 24.5 Å². The first-order valence-corrected chi connectivity index (χ1v) is 9.83. The minimum atomic E-state index is -0.665. The Morgan fingerprint density at radius 2 is 2.03 bits per heavy atom. The van der Waals surface area contributed by atoms with Crippen molar-refractivity contribution in [1.29, 1.82) is 0 Å². The number of carbonyl (C=O) groups excluding carboxylic acids is 2. The van der Waals surface area contributed by atoms with E-state index in [1.165, 1.54) is 0 Å². The van der Waals surface area contributed by atoms with Gasteiger partial charge in [0.2, 0.25) is 0 Å². The van der Waals surface area contributed by atoms with Crippen LogP contribution in [-0.2, 0) is 9.59 Å². The maximum atomic E-state index is 12.9. The molecule has 152 valence electrons. The van der Waals surface area contributed by atoms with Crippen molar-refractivity contribution >= 4 is 17.4 Å². The second-order valence-electron chi connectivity index (χ2n) is 7.17. The Morgan fingerprint density at radius 3 is 2.66 bits per heavy atom. The van der Waals surface area contributed by atoms with Gasteiger partial charge in [0.1, 0.15) is 11.5 Å². The predicted octanol–water partition coefficient (Wildman–Crippen LogP) is 4.01. The standard InChI is InChI=1S/C23H26N2O4/c1-4-5-6-12-25-20(17-8-7-11-24-14-17)19(22(27)23(25)28)21(26)16-9-10-18(29-3)15(2)13-16/h7-11,13-14,20,26H,4-6,12H2,1-3H3/b21-19-. The summed E-state index contributed by atoms with van der Waals surface area (Å²) in [6.45, 7) is 4.40. The van der Waals surface area contributed by atoms with Crippen molar-refractivity contribution in [3.8, 4) is 5.75 Å². The van der Waals surface area contributed by atoms with Crippen LogP contribution in [0.1, 0.15) is 48.9 Å². The number of pyridine rings is 1. The predicted molar refractivity (Wildman–Crippen MR) is 111 cm³/mol. The zero-order valence-electron chi connectivity index (χ0n) is 17.0. The van der Waals surface area contributed by atoms with Crippen LogP contribution in [0.5, 0.6) is 5.75 Å². The number of ketones is 1. The number of methoxy groups -OCH3 is 1. The van der Waals surface area contributed by atoms with Gasteiger partial charge in [0.25, 0.3) is 11.7 Å². The molecule has 1 atom stereocenters.